The lowest BCUT2D eigenvalue weighted by molar-refractivity contribution is 0.174. The molecule has 1 aromatic carbocycles. The zero-order valence-electron chi connectivity index (χ0n) is 10.8. The van der Waals surface area contributed by atoms with E-state index < -0.39 is 0 Å². The fraction of sp³-hybridized carbons (Fsp3) is 0.385. The molecule has 1 unspecified atom stereocenters. The molecule has 0 saturated carbocycles. The average molecular weight is 261 g/mol. The van der Waals surface area contributed by atoms with Crippen molar-refractivity contribution in [1.82, 2.24) is 10.1 Å². The highest BCUT2D eigenvalue weighted by Crippen LogP contribution is 2.35. The van der Waals surface area contributed by atoms with E-state index in [0.717, 1.165) is 11.3 Å². The minimum Gasteiger partial charge on any atom is -0.454 e. The number of aromatic nitrogens is 2. The lowest BCUT2D eigenvalue weighted by atomic mass is 10.1. The summed E-state index contributed by atoms with van der Waals surface area (Å²) in [6, 6.07) is 5.27. The van der Waals surface area contributed by atoms with Crippen molar-refractivity contribution in [2.75, 3.05) is 6.79 Å². The van der Waals surface area contributed by atoms with E-state index in [2.05, 4.69) is 10.1 Å². The van der Waals surface area contributed by atoms with Crippen LogP contribution in [0.3, 0.4) is 0 Å². The molecular formula is C13H15N3O3. The Labute approximate surface area is 110 Å². The third kappa shape index (κ3) is 2.15. The van der Waals surface area contributed by atoms with E-state index in [0.29, 0.717) is 17.5 Å². The van der Waals surface area contributed by atoms with Crippen molar-refractivity contribution in [2.45, 2.75) is 19.9 Å². The molecule has 0 bridgehead atoms. The van der Waals surface area contributed by atoms with E-state index in [9.17, 15) is 0 Å². The monoisotopic (exact) mass is 261 g/mol. The topological polar surface area (TPSA) is 83.4 Å². The highest BCUT2D eigenvalue weighted by Gasteiger charge is 2.20. The molecule has 0 saturated heterocycles. The minimum atomic E-state index is -0.230. The standard InChI is InChI=1S/C13H15N3O3/c1-7(2)11(14)12-15-13(19-16-12)8-3-4-9-10(5-8)18-6-17-9/h3-5,7,11H,6,14H2,1-2H3. The van der Waals surface area contributed by atoms with E-state index >= 15 is 0 Å². The van der Waals surface area contributed by atoms with Crippen LogP contribution in [0.4, 0.5) is 0 Å². The summed E-state index contributed by atoms with van der Waals surface area (Å²) < 4.78 is 15.8. The Hall–Kier alpha value is -2.08. The van der Waals surface area contributed by atoms with Gasteiger partial charge in [-0.1, -0.05) is 19.0 Å². The van der Waals surface area contributed by atoms with Crippen molar-refractivity contribution in [2.24, 2.45) is 11.7 Å². The summed E-state index contributed by atoms with van der Waals surface area (Å²) >= 11 is 0. The molecule has 1 aliphatic rings. The number of rotatable bonds is 3. The number of nitrogens with zero attached hydrogens (tertiary/aromatic N) is 2. The summed E-state index contributed by atoms with van der Waals surface area (Å²) in [5.41, 5.74) is 6.78. The van der Waals surface area contributed by atoms with Crippen LogP contribution >= 0.6 is 0 Å². The van der Waals surface area contributed by atoms with Gasteiger partial charge in [0.25, 0.3) is 5.89 Å². The van der Waals surface area contributed by atoms with Crippen LogP contribution in [0.15, 0.2) is 22.7 Å². The van der Waals surface area contributed by atoms with Gasteiger partial charge in [0.1, 0.15) is 0 Å². The molecule has 0 radical (unpaired) electrons. The Kier molecular flexibility index (Phi) is 2.87. The van der Waals surface area contributed by atoms with Gasteiger partial charge in [0.15, 0.2) is 17.3 Å². The van der Waals surface area contributed by atoms with Gasteiger partial charge in [-0.25, -0.2) is 0 Å². The molecule has 2 aromatic rings. The number of benzene rings is 1. The molecule has 3 rings (SSSR count). The molecule has 1 aliphatic heterocycles. The van der Waals surface area contributed by atoms with Crippen molar-refractivity contribution in [3.63, 3.8) is 0 Å². The molecule has 0 amide bonds. The van der Waals surface area contributed by atoms with Crippen molar-refractivity contribution in [3.05, 3.63) is 24.0 Å². The third-order valence-corrected chi connectivity index (χ3v) is 3.08. The van der Waals surface area contributed by atoms with E-state index in [4.69, 9.17) is 19.7 Å². The molecule has 1 aromatic heterocycles. The molecule has 2 heterocycles. The Balaban J connectivity index is 1.90. The molecule has 6 nitrogen and oxygen atoms in total. The third-order valence-electron chi connectivity index (χ3n) is 3.08. The maximum Gasteiger partial charge on any atom is 0.258 e. The second-order valence-corrected chi connectivity index (χ2v) is 4.80. The maximum absolute atomic E-state index is 5.99. The zero-order valence-corrected chi connectivity index (χ0v) is 10.8. The van der Waals surface area contributed by atoms with Gasteiger partial charge in [-0.05, 0) is 24.1 Å². The first-order chi connectivity index (χ1) is 9.15. The second-order valence-electron chi connectivity index (χ2n) is 4.80. The Morgan fingerprint density at radius 1 is 1.21 bits per heavy atom. The second kappa shape index (κ2) is 4.55. The zero-order chi connectivity index (χ0) is 13.4. The van der Waals surface area contributed by atoms with Crippen LogP contribution < -0.4 is 15.2 Å². The summed E-state index contributed by atoms with van der Waals surface area (Å²) in [7, 11) is 0. The van der Waals surface area contributed by atoms with Gasteiger partial charge in [-0.2, -0.15) is 4.98 Å². The largest absolute Gasteiger partial charge is 0.454 e. The van der Waals surface area contributed by atoms with Gasteiger partial charge in [0.05, 0.1) is 6.04 Å². The van der Waals surface area contributed by atoms with Crippen LogP contribution in [0.25, 0.3) is 11.5 Å². The molecule has 100 valence electrons. The Bertz CT molecular complexity index is 595. The minimum absolute atomic E-state index is 0.230. The summed E-state index contributed by atoms with van der Waals surface area (Å²) in [6.45, 7) is 4.27. The molecule has 6 heteroatoms. The van der Waals surface area contributed by atoms with Crippen LogP contribution in [-0.2, 0) is 0 Å². The quantitative estimate of drug-likeness (QED) is 0.911. The highest BCUT2D eigenvalue weighted by atomic mass is 16.7. The summed E-state index contributed by atoms with van der Waals surface area (Å²) in [6.07, 6.45) is 0. The van der Waals surface area contributed by atoms with Gasteiger partial charge < -0.3 is 19.7 Å². The number of nitrogens with two attached hydrogens (primary N) is 1. The molecule has 0 fully saturated rings. The summed E-state index contributed by atoms with van der Waals surface area (Å²) in [5.74, 6) is 2.61. The molecule has 2 N–H and O–H groups in total. The Morgan fingerprint density at radius 3 is 2.79 bits per heavy atom. The average Bonchev–Trinajstić information content (AvgIpc) is 3.05. The number of hydrogen-bond acceptors (Lipinski definition) is 6. The first-order valence-electron chi connectivity index (χ1n) is 6.14. The first kappa shape index (κ1) is 12.0. The molecule has 1 atom stereocenters. The number of fused-ring (bicyclic) bond motifs is 1. The van der Waals surface area contributed by atoms with Crippen molar-refractivity contribution < 1.29 is 14.0 Å². The smallest absolute Gasteiger partial charge is 0.258 e. The van der Waals surface area contributed by atoms with Crippen LogP contribution in [-0.4, -0.2) is 16.9 Å². The highest BCUT2D eigenvalue weighted by molar-refractivity contribution is 5.60. The van der Waals surface area contributed by atoms with Gasteiger partial charge in [-0.15, -0.1) is 0 Å². The van der Waals surface area contributed by atoms with Crippen molar-refractivity contribution in [3.8, 4) is 23.0 Å². The lowest BCUT2D eigenvalue weighted by Crippen LogP contribution is -2.18. The van der Waals surface area contributed by atoms with Crippen LogP contribution in [0, 0.1) is 5.92 Å². The molecule has 19 heavy (non-hydrogen) atoms. The van der Waals surface area contributed by atoms with Crippen molar-refractivity contribution >= 4 is 0 Å². The van der Waals surface area contributed by atoms with Gasteiger partial charge in [-0.3, -0.25) is 0 Å². The van der Waals surface area contributed by atoms with E-state index in [1.807, 2.05) is 32.0 Å². The van der Waals surface area contributed by atoms with Crippen LogP contribution in [0.2, 0.25) is 0 Å². The summed E-state index contributed by atoms with van der Waals surface area (Å²) in [5, 5.41) is 3.92. The van der Waals surface area contributed by atoms with E-state index in [1.165, 1.54) is 0 Å². The van der Waals surface area contributed by atoms with Crippen LogP contribution in [0.5, 0.6) is 11.5 Å². The van der Waals surface area contributed by atoms with Crippen LogP contribution in [0.1, 0.15) is 25.7 Å². The Morgan fingerprint density at radius 2 is 2.00 bits per heavy atom. The first-order valence-corrected chi connectivity index (χ1v) is 6.14. The predicted molar refractivity (Wildman–Crippen MR) is 67.6 cm³/mol. The SMILES string of the molecule is CC(C)C(N)c1noc(-c2ccc3c(c2)OCO3)n1. The molecule has 0 aliphatic carbocycles. The fourth-order valence-corrected chi connectivity index (χ4v) is 1.82. The predicted octanol–water partition coefficient (Wildman–Crippen LogP) is 2.12. The molecular weight excluding hydrogens is 246 g/mol. The van der Waals surface area contributed by atoms with E-state index in [-0.39, 0.29) is 18.8 Å². The normalized spacial score (nSPS) is 14.9. The van der Waals surface area contributed by atoms with Gasteiger partial charge in [0, 0.05) is 5.56 Å². The van der Waals surface area contributed by atoms with Crippen molar-refractivity contribution in [1.29, 1.82) is 0 Å². The van der Waals surface area contributed by atoms with Gasteiger partial charge in [0.2, 0.25) is 6.79 Å². The van der Waals surface area contributed by atoms with Gasteiger partial charge >= 0.3 is 0 Å². The number of hydrogen-bond donors (Lipinski definition) is 1. The maximum atomic E-state index is 5.99. The summed E-state index contributed by atoms with van der Waals surface area (Å²) in [4.78, 5) is 4.33. The fourth-order valence-electron chi connectivity index (χ4n) is 1.82. The number of ether oxygens (including phenoxy) is 2. The van der Waals surface area contributed by atoms with E-state index in [1.54, 1.807) is 0 Å². The molecule has 0 spiro atoms. The lowest BCUT2D eigenvalue weighted by Gasteiger charge is -2.09.